The highest BCUT2D eigenvalue weighted by atomic mass is 19.4. The summed E-state index contributed by atoms with van der Waals surface area (Å²) in [5.74, 6) is -2.94. The van der Waals surface area contributed by atoms with Crippen molar-refractivity contribution >= 4 is 17.8 Å². The third-order valence-corrected chi connectivity index (χ3v) is 6.98. The smallest absolute Gasteiger partial charge is 0.416 e. The van der Waals surface area contributed by atoms with Crippen LogP contribution in [0.5, 0.6) is 0 Å². The van der Waals surface area contributed by atoms with Gasteiger partial charge in [-0.25, -0.2) is 4.79 Å². The molecule has 0 fully saturated rings. The quantitative estimate of drug-likeness (QED) is 0.153. The lowest BCUT2D eigenvalue weighted by Crippen LogP contribution is -2.35. The van der Waals surface area contributed by atoms with Gasteiger partial charge in [-0.1, -0.05) is 94.0 Å². The number of nitrogens with one attached hydrogen (secondary N) is 1. The molecular formula is C33H37F3N2O4. The molecule has 9 heteroatoms. The van der Waals surface area contributed by atoms with E-state index in [-0.39, 0.29) is 19.0 Å². The summed E-state index contributed by atoms with van der Waals surface area (Å²) in [6.45, 7) is 2.61. The van der Waals surface area contributed by atoms with Gasteiger partial charge in [0, 0.05) is 25.2 Å². The zero-order chi connectivity index (χ0) is 30.5. The molecule has 0 saturated heterocycles. The molecule has 0 heterocycles. The molecule has 0 aromatic heterocycles. The Balaban J connectivity index is 1.61. The number of aliphatic carboxylic acids is 1. The monoisotopic (exact) mass is 582 g/mol. The van der Waals surface area contributed by atoms with Crippen molar-refractivity contribution in [2.24, 2.45) is 0 Å². The SMILES string of the molecule is CCCCCCCCCNC(=O)c1cccc(-c2ccc(CN(Cc3ccc(C(F)(F)F)cc3)C(=O)C(=O)O)cc2)c1. The van der Waals surface area contributed by atoms with Gasteiger partial charge < -0.3 is 15.3 Å². The van der Waals surface area contributed by atoms with Crippen molar-refractivity contribution < 1.29 is 32.7 Å². The van der Waals surface area contributed by atoms with E-state index in [1.807, 2.05) is 24.3 Å². The topological polar surface area (TPSA) is 86.7 Å². The first-order valence-electron chi connectivity index (χ1n) is 14.2. The van der Waals surface area contributed by atoms with Crippen LogP contribution < -0.4 is 5.32 Å². The van der Waals surface area contributed by atoms with Crippen LogP contribution in [0.1, 0.15) is 78.9 Å². The van der Waals surface area contributed by atoms with Gasteiger partial charge in [0.2, 0.25) is 0 Å². The first-order valence-corrected chi connectivity index (χ1v) is 14.2. The number of carboxylic acid groups (broad SMARTS) is 1. The molecule has 0 aliphatic heterocycles. The third kappa shape index (κ3) is 10.0. The lowest BCUT2D eigenvalue weighted by molar-refractivity contribution is -0.156. The molecule has 6 nitrogen and oxygen atoms in total. The minimum absolute atomic E-state index is 0.0481. The van der Waals surface area contributed by atoms with Gasteiger partial charge in [-0.05, 0) is 52.9 Å². The van der Waals surface area contributed by atoms with Crippen LogP contribution in [0.15, 0.2) is 72.8 Å². The van der Waals surface area contributed by atoms with Crippen LogP contribution in [0.25, 0.3) is 11.1 Å². The highest BCUT2D eigenvalue weighted by Crippen LogP contribution is 2.29. The molecule has 0 bridgehead atoms. The van der Waals surface area contributed by atoms with Gasteiger partial charge in [0.1, 0.15) is 0 Å². The van der Waals surface area contributed by atoms with Crippen molar-refractivity contribution in [3.8, 4) is 11.1 Å². The first-order chi connectivity index (χ1) is 20.1. The van der Waals surface area contributed by atoms with Gasteiger partial charge in [-0.3, -0.25) is 9.59 Å². The largest absolute Gasteiger partial charge is 0.474 e. The Labute approximate surface area is 244 Å². The highest BCUT2D eigenvalue weighted by molar-refractivity contribution is 6.31. The predicted molar refractivity (Wildman–Crippen MR) is 156 cm³/mol. The van der Waals surface area contributed by atoms with E-state index in [9.17, 15) is 32.7 Å². The van der Waals surface area contributed by atoms with Crippen molar-refractivity contribution in [1.82, 2.24) is 10.2 Å². The van der Waals surface area contributed by atoms with Gasteiger partial charge in [-0.15, -0.1) is 0 Å². The summed E-state index contributed by atoms with van der Waals surface area (Å²) in [5.41, 5.74) is 2.40. The first kappa shape index (κ1) is 32.4. The predicted octanol–water partition coefficient (Wildman–Crippen LogP) is 7.47. The number of alkyl halides is 3. The number of amides is 2. The Bertz CT molecular complexity index is 1320. The van der Waals surface area contributed by atoms with E-state index in [1.54, 1.807) is 24.3 Å². The van der Waals surface area contributed by atoms with Gasteiger partial charge in [0.05, 0.1) is 5.56 Å². The number of carboxylic acids is 1. The van der Waals surface area contributed by atoms with E-state index in [4.69, 9.17) is 0 Å². The van der Waals surface area contributed by atoms with Crippen LogP contribution in [-0.2, 0) is 28.9 Å². The van der Waals surface area contributed by atoms with Crippen molar-refractivity contribution in [1.29, 1.82) is 0 Å². The average Bonchev–Trinajstić information content (AvgIpc) is 2.98. The molecule has 0 atom stereocenters. The van der Waals surface area contributed by atoms with Crippen LogP contribution >= 0.6 is 0 Å². The lowest BCUT2D eigenvalue weighted by Gasteiger charge is -2.21. The number of rotatable bonds is 14. The Kier molecular flexibility index (Phi) is 12.1. The average molecular weight is 583 g/mol. The minimum Gasteiger partial charge on any atom is -0.474 e. The second-order valence-corrected chi connectivity index (χ2v) is 10.3. The highest BCUT2D eigenvalue weighted by Gasteiger charge is 2.30. The molecule has 0 radical (unpaired) electrons. The maximum Gasteiger partial charge on any atom is 0.416 e. The summed E-state index contributed by atoms with van der Waals surface area (Å²) in [7, 11) is 0. The van der Waals surface area contributed by atoms with Gasteiger partial charge in [-0.2, -0.15) is 13.2 Å². The minimum atomic E-state index is -4.49. The number of nitrogens with zero attached hydrogens (tertiary/aromatic N) is 1. The molecule has 42 heavy (non-hydrogen) atoms. The number of halogens is 3. The molecule has 0 saturated carbocycles. The Morgan fingerprint density at radius 3 is 1.90 bits per heavy atom. The number of hydrogen-bond acceptors (Lipinski definition) is 3. The molecule has 0 spiro atoms. The summed E-state index contributed by atoms with van der Waals surface area (Å²) in [6.07, 6.45) is 3.71. The van der Waals surface area contributed by atoms with Crippen molar-refractivity contribution in [3.63, 3.8) is 0 Å². The van der Waals surface area contributed by atoms with E-state index >= 15 is 0 Å². The fourth-order valence-corrected chi connectivity index (χ4v) is 4.60. The summed E-state index contributed by atoms with van der Waals surface area (Å²) in [5, 5.41) is 12.3. The molecule has 0 unspecified atom stereocenters. The standard InChI is InChI=1S/C33H37F3N2O4/c1-2-3-4-5-6-7-8-20-37-30(39)28-11-9-10-27(21-28)26-16-12-24(13-17-26)22-38(31(40)32(41)42)23-25-14-18-29(19-15-25)33(34,35)36/h9-19,21H,2-8,20,22-23H2,1H3,(H,37,39)(H,41,42). The molecule has 2 amide bonds. The van der Waals surface area contributed by atoms with Crippen molar-refractivity contribution in [3.05, 3.63) is 95.1 Å². The zero-order valence-electron chi connectivity index (χ0n) is 23.8. The van der Waals surface area contributed by atoms with Gasteiger partial charge in [0.15, 0.2) is 0 Å². The Morgan fingerprint density at radius 1 is 0.762 bits per heavy atom. The zero-order valence-corrected chi connectivity index (χ0v) is 23.8. The van der Waals surface area contributed by atoms with Crippen LogP contribution in [-0.4, -0.2) is 34.3 Å². The molecule has 0 aliphatic carbocycles. The number of unbranched alkanes of at least 4 members (excludes halogenated alkanes) is 6. The van der Waals surface area contributed by atoms with Crippen LogP contribution in [0, 0.1) is 0 Å². The summed E-state index contributed by atoms with van der Waals surface area (Å²) >= 11 is 0. The summed E-state index contributed by atoms with van der Waals surface area (Å²) in [6, 6.07) is 18.6. The summed E-state index contributed by atoms with van der Waals surface area (Å²) in [4.78, 5) is 37.5. The second kappa shape index (κ2) is 15.7. The molecular weight excluding hydrogens is 545 g/mol. The van der Waals surface area contributed by atoms with Crippen LogP contribution in [0.3, 0.4) is 0 Å². The molecule has 3 rings (SSSR count). The lowest BCUT2D eigenvalue weighted by atomic mass is 10.0. The molecule has 3 aromatic rings. The number of hydrogen-bond donors (Lipinski definition) is 2. The maximum absolute atomic E-state index is 12.9. The fraction of sp³-hybridized carbons (Fsp3) is 0.364. The normalized spacial score (nSPS) is 11.2. The van der Waals surface area contributed by atoms with Crippen LogP contribution in [0.4, 0.5) is 13.2 Å². The van der Waals surface area contributed by atoms with Gasteiger partial charge >= 0.3 is 18.1 Å². The van der Waals surface area contributed by atoms with E-state index in [0.717, 1.165) is 41.0 Å². The second-order valence-electron chi connectivity index (χ2n) is 10.3. The number of carbonyl (C=O) groups is 3. The van der Waals surface area contributed by atoms with Crippen molar-refractivity contribution in [2.45, 2.75) is 71.1 Å². The number of carbonyl (C=O) groups excluding carboxylic acids is 2. The molecule has 224 valence electrons. The van der Waals surface area contributed by atoms with E-state index in [0.29, 0.717) is 23.2 Å². The van der Waals surface area contributed by atoms with E-state index in [2.05, 4.69) is 12.2 Å². The van der Waals surface area contributed by atoms with Crippen LogP contribution in [0.2, 0.25) is 0 Å². The Morgan fingerprint density at radius 2 is 1.33 bits per heavy atom. The maximum atomic E-state index is 12.9. The van der Waals surface area contributed by atoms with Crippen molar-refractivity contribution in [2.75, 3.05) is 6.54 Å². The third-order valence-electron chi connectivity index (χ3n) is 6.98. The molecule has 3 aromatic carbocycles. The summed E-state index contributed by atoms with van der Waals surface area (Å²) < 4.78 is 38.6. The fourth-order valence-electron chi connectivity index (χ4n) is 4.60. The van der Waals surface area contributed by atoms with Gasteiger partial charge in [0.25, 0.3) is 5.91 Å². The molecule has 2 N–H and O–H groups in total. The van der Waals surface area contributed by atoms with E-state index < -0.39 is 23.6 Å². The Hall–Kier alpha value is -4.14. The molecule has 0 aliphatic rings. The number of benzene rings is 3. The van der Waals surface area contributed by atoms with E-state index in [1.165, 1.54) is 44.2 Å².